The van der Waals surface area contributed by atoms with Crippen molar-refractivity contribution in [1.29, 1.82) is 0 Å². The maximum absolute atomic E-state index is 10.2. The van der Waals surface area contributed by atoms with Crippen LogP contribution < -0.4 is 10.1 Å². The van der Waals surface area contributed by atoms with Gasteiger partial charge in [0.25, 0.3) is 0 Å². The summed E-state index contributed by atoms with van der Waals surface area (Å²) in [5, 5.41) is 13.5. The van der Waals surface area contributed by atoms with Gasteiger partial charge in [0.2, 0.25) is 0 Å². The maximum atomic E-state index is 10.2. The minimum Gasteiger partial charge on any atom is -0.491 e. The monoisotopic (exact) mass is 319 g/mol. The first-order valence-corrected chi connectivity index (χ1v) is 9.03. The van der Waals surface area contributed by atoms with Crippen molar-refractivity contribution < 1.29 is 14.6 Å². The Bertz CT molecular complexity index is 450. The first kappa shape index (κ1) is 16.7. The van der Waals surface area contributed by atoms with E-state index in [1.54, 1.807) is 0 Å². The van der Waals surface area contributed by atoms with Crippen LogP contribution in [-0.4, -0.2) is 37.1 Å². The smallest absolute Gasteiger partial charge is 0.119 e. The molecule has 4 heteroatoms. The Labute approximate surface area is 139 Å². The van der Waals surface area contributed by atoms with E-state index in [4.69, 9.17) is 9.47 Å². The molecule has 2 aliphatic rings. The largest absolute Gasteiger partial charge is 0.491 e. The fraction of sp³-hybridized carbons (Fsp3) is 0.684. The molecule has 0 bridgehead atoms. The van der Waals surface area contributed by atoms with Gasteiger partial charge in [0.1, 0.15) is 12.4 Å². The highest BCUT2D eigenvalue weighted by atomic mass is 16.5. The first-order chi connectivity index (χ1) is 11.3. The van der Waals surface area contributed by atoms with Crippen molar-refractivity contribution >= 4 is 0 Å². The summed E-state index contributed by atoms with van der Waals surface area (Å²) in [6, 6.07) is 8.19. The average molecular weight is 319 g/mol. The summed E-state index contributed by atoms with van der Waals surface area (Å²) in [5.74, 6) is 1.39. The molecule has 0 aromatic heterocycles. The molecule has 0 amide bonds. The van der Waals surface area contributed by atoms with Gasteiger partial charge in [0.15, 0.2) is 0 Å². The second kappa shape index (κ2) is 8.67. The van der Waals surface area contributed by atoms with Gasteiger partial charge in [-0.1, -0.05) is 25.0 Å². The van der Waals surface area contributed by atoms with E-state index in [0.29, 0.717) is 19.1 Å². The third-order valence-electron chi connectivity index (χ3n) is 5.01. The zero-order valence-electron chi connectivity index (χ0n) is 13.9. The van der Waals surface area contributed by atoms with E-state index in [-0.39, 0.29) is 12.2 Å². The molecule has 2 unspecified atom stereocenters. The normalized spacial score (nSPS) is 23.3. The maximum Gasteiger partial charge on any atom is 0.119 e. The second-order valence-corrected chi connectivity index (χ2v) is 6.83. The van der Waals surface area contributed by atoms with E-state index in [9.17, 15) is 5.11 Å². The number of benzene rings is 1. The van der Waals surface area contributed by atoms with Gasteiger partial charge in [-0.15, -0.1) is 0 Å². The van der Waals surface area contributed by atoms with Crippen LogP contribution in [0.25, 0.3) is 0 Å². The molecule has 2 N–H and O–H groups in total. The zero-order valence-corrected chi connectivity index (χ0v) is 13.9. The van der Waals surface area contributed by atoms with E-state index in [0.717, 1.165) is 31.7 Å². The highest BCUT2D eigenvalue weighted by Gasteiger charge is 2.22. The van der Waals surface area contributed by atoms with Gasteiger partial charge in [0, 0.05) is 19.7 Å². The summed E-state index contributed by atoms with van der Waals surface area (Å²) < 4.78 is 11.3. The van der Waals surface area contributed by atoms with E-state index < -0.39 is 0 Å². The molecule has 0 radical (unpaired) electrons. The summed E-state index contributed by atoms with van der Waals surface area (Å²) in [5.41, 5.74) is 1.22. The second-order valence-electron chi connectivity index (χ2n) is 6.83. The number of aliphatic hydroxyl groups is 1. The molecule has 0 spiro atoms. The Morgan fingerprint density at radius 3 is 2.61 bits per heavy atom. The van der Waals surface area contributed by atoms with E-state index in [1.807, 2.05) is 12.1 Å². The van der Waals surface area contributed by atoms with Crippen LogP contribution in [-0.2, 0) is 11.3 Å². The van der Waals surface area contributed by atoms with Crippen molar-refractivity contribution in [3.05, 3.63) is 29.8 Å². The summed E-state index contributed by atoms with van der Waals surface area (Å²) in [4.78, 5) is 0. The Morgan fingerprint density at radius 1 is 1.13 bits per heavy atom. The molecule has 2 fully saturated rings. The lowest BCUT2D eigenvalue weighted by atomic mass is 10.0. The number of hydrogen-bond acceptors (Lipinski definition) is 4. The quantitative estimate of drug-likeness (QED) is 0.773. The van der Waals surface area contributed by atoms with Gasteiger partial charge < -0.3 is 19.9 Å². The minimum absolute atomic E-state index is 0.202. The highest BCUT2D eigenvalue weighted by Crippen LogP contribution is 2.27. The van der Waals surface area contributed by atoms with Crippen molar-refractivity contribution in [2.75, 3.05) is 19.8 Å². The molecular formula is C19H29NO3. The SMILES string of the molecule is OC(CNCc1ccc(OCC2CCCO2)cc1)C1CCCC1. The molecule has 3 rings (SSSR count). The van der Waals surface area contributed by atoms with E-state index >= 15 is 0 Å². The summed E-state index contributed by atoms with van der Waals surface area (Å²) in [6.45, 7) is 2.98. The number of ether oxygens (including phenoxy) is 2. The van der Waals surface area contributed by atoms with Gasteiger partial charge in [-0.05, 0) is 49.3 Å². The molecule has 1 heterocycles. The van der Waals surface area contributed by atoms with Gasteiger partial charge in [-0.2, -0.15) is 0 Å². The molecule has 1 saturated heterocycles. The lowest BCUT2D eigenvalue weighted by Gasteiger charge is -2.18. The molecule has 1 aliphatic carbocycles. The van der Waals surface area contributed by atoms with Crippen LogP contribution in [0.2, 0.25) is 0 Å². The van der Waals surface area contributed by atoms with Gasteiger partial charge in [0.05, 0.1) is 12.2 Å². The molecule has 2 atom stereocenters. The molecule has 1 aromatic carbocycles. The summed E-state index contributed by atoms with van der Waals surface area (Å²) >= 11 is 0. The van der Waals surface area contributed by atoms with Crippen molar-refractivity contribution in [1.82, 2.24) is 5.32 Å². The van der Waals surface area contributed by atoms with E-state index in [1.165, 1.54) is 31.2 Å². The number of rotatable bonds is 8. The van der Waals surface area contributed by atoms with Crippen molar-refractivity contribution in [3.63, 3.8) is 0 Å². The predicted octanol–water partition coefficient (Wildman–Crippen LogP) is 2.89. The summed E-state index contributed by atoms with van der Waals surface area (Å²) in [6.07, 6.45) is 7.21. The van der Waals surface area contributed by atoms with Crippen LogP contribution in [0.4, 0.5) is 0 Å². The minimum atomic E-state index is -0.202. The van der Waals surface area contributed by atoms with Crippen LogP contribution in [0, 0.1) is 5.92 Å². The molecule has 1 aliphatic heterocycles. The average Bonchev–Trinajstić information content (AvgIpc) is 3.27. The van der Waals surface area contributed by atoms with Crippen LogP contribution in [0.5, 0.6) is 5.75 Å². The predicted molar refractivity (Wildman–Crippen MR) is 90.6 cm³/mol. The van der Waals surface area contributed by atoms with Crippen LogP contribution in [0.1, 0.15) is 44.1 Å². The summed E-state index contributed by atoms with van der Waals surface area (Å²) in [7, 11) is 0. The zero-order chi connectivity index (χ0) is 15.9. The Morgan fingerprint density at radius 2 is 1.91 bits per heavy atom. The van der Waals surface area contributed by atoms with Crippen molar-refractivity contribution in [2.45, 2.75) is 57.3 Å². The third kappa shape index (κ3) is 5.20. The van der Waals surface area contributed by atoms with Gasteiger partial charge >= 0.3 is 0 Å². The van der Waals surface area contributed by atoms with Crippen LogP contribution >= 0.6 is 0 Å². The number of hydrogen-bond donors (Lipinski definition) is 2. The Hall–Kier alpha value is -1.10. The van der Waals surface area contributed by atoms with Crippen molar-refractivity contribution in [2.24, 2.45) is 5.92 Å². The standard InChI is InChI=1S/C19H29NO3/c21-19(16-4-1-2-5-16)13-20-12-15-7-9-17(10-8-15)23-14-18-6-3-11-22-18/h7-10,16,18-21H,1-6,11-14H2. The van der Waals surface area contributed by atoms with Gasteiger partial charge in [-0.25, -0.2) is 0 Å². The molecular weight excluding hydrogens is 290 g/mol. The number of nitrogens with one attached hydrogen (secondary N) is 1. The lowest BCUT2D eigenvalue weighted by Crippen LogP contribution is -2.31. The van der Waals surface area contributed by atoms with Crippen LogP contribution in [0.15, 0.2) is 24.3 Å². The molecule has 23 heavy (non-hydrogen) atoms. The van der Waals surface area contributed by atoms with Crippen LogP contribution in [0.3, 0.4) is 0 Å². The molecule has 1 saturated carbocycles. The number of aliphatic hydroxyl groups excluding tert-OH is 1. The van der Waals surface area contributed by atoms with Gasteiger partial charge in [-0.3, -0.25) is 0 Å². The first-order valence-electron chi connectivity index (χ1n) is 9.03. The molecule has 128 valence electrons. The molecule has 1 aromatic rings. The third-order valence-corrected chi connectivity index (χ3v) is 5.01. The highest BCUT2D eigenvalue weighted by molar-refractivity contribution is 5.27. The Balaban J connectivity index is 1.35. The fourth-order valence-corrected chi connectivity index (χ4v) is 3.54. The lowest BCUT2D eigenvalue weighted by molar-refractivity contribution is 0.0679. The fourth-order valence-electron chi connectivity index (χ4n) is 3.54. The Kier molecular flexibility index (Phi) is 6.31. The van der Waals surface area contributed by atoms with E-state index in [2.05, 4.69) is 17.4 Å². The molecule has 4 nitrogen and oxygen atoms in total. The topological polar surface area (TPSA) is 50.7 Å². The van der Waals surface area contributed by atoms with Crippen molar-refractivity contribution in [3.8, 4) is 5.75 Å².